The van der Waals surface area contributed by atoms with Gasteiger partial charge in [0.15, 0.2) is 0 Å². The van der Waals surface area contributed by atoms with Crippen molar-refractivity contribution in [2.24, 2.45) is 5.73 Å². The molecule has 17 heavy (non-hydrogen) atoms. The highest BCUT2D eigenvalue weighted by Crippen LogP contribution is 2.05. The summed E-state index contributed by atoms with van der Waals surface area (Å²) in [6, 6.07) is 1.75. The molecular weight excluding hydrogens is 226 g/mol. The van der Waals surface area contributed by atoms with Gasteiger partial charge in [0.2, 0.25) is 5.91 Å². The number of aromatic carboxylic acids is 1. The molecule has 0 spiro atoms. The first-order valence-electron chi connectivity index (χ1n) is 4.72. The van der Waals surface area contributed by atoms with Crippen molar-refractivity contribution < 1.29 is 19.5 Å². The summed E-state index contributed by atoms with van der Waals surface area (Å²) < 4.78 is 0. The maximum absolute atomic E-state index is 11.6. The van der Waals surface area contributed by atoms with E-state index in [2.05, 4.69) is 10.3 Å². The van der Waals surface area contributed by atoms with Crippen LogP contribution in [0.2, 0.25) is 0 Å². The molecule has 0 fully saturated rings. The first kappa shape index (κ1) is 12.6. The second-order valence-electron chi connectivity index (χ2n) is 3.30. The Balaban J connectivity index is 2.97. The van der Waals surface area contributed by atoms with E-state index < -0.39 is 23.8 Å². The summed E-state index contributed by atoms with van der Waals surface area (Å²) in [7, 11) is 0. The summed E-state index contributed by atoms with van der Waals surface area (Å²) in [5.41, 5.74) is 4.48. The van der Waals surface area contributed by atoms with Gasteiger partial charge in [0.05, 0.1) is 5.56 Å². The summed E-state index contributed by atoms with van der Waals surface area (Å²) in [5.74, 6) is -2.74. The van der Waals surface area contributed by atoms with Crippen LogP contribution in [0.1, 0.15) is 27.8 Å². The molecule has 1 aromatic heterocycles. The standard InChI is InChI=1S/C10H11N3O4/c1-5(8(11)14)13-9(15)7-6(10(16)17)3-2-4-12-7/h2-5H,1H3,(H2,11,14)(H,13,15)(H,16,17). The molecule has 7 heteroatoms. The van der Waals surface area contributed by atoms with Gasteiger partial charge < -0.3 is 16.2 Å². The number of carbonyl (C=O) groups is 3. The van der Waals surface area contributed by atoms with Crippen LogP contribution in [0.15, 0.2) is 18.3 Å². The summed E-state index contributed by atoms with van der Waals surface area (Å²) >= 11 is 0. The lowest BCUT2D eigenvalue weighted by Crippen LogP contribution is -2.42. The number of primary amides is 1. The van der Waals surface area contributed by atoms with Crippen molar-refractivity contribution in [3.63, 3.8) is 0 Å². The molecule has 0 aliphatic heterocycles. The van der Waals surface area contributed by atoms with Crippen LogP contribution in [0.25, 0.3) is 0 Å². The van der Waals surface area contributed by atoms with Crippen molar-refractivity contribution >= 4 is 17.8 Å². The number of aromatic nitrogens is 1. The number of hydrogen-bond donors (Lipinski definition) is 3. The number of nitrogens with two attached hydrogens (primary N) is 1. The number of rotatable bonds is 4. The van der Waals surface area contributed by atoms with Gasteiger partial charge in [-0.2, -0.15) is 0 Å². The molecule has 0 radical (unpaired) electrons. The molecule has 1 atom stereocenters. The van der Waals surface area contributed by atoms with Crippen LogP contribution in [0.3, 0.4) is 0 Å². The minimum absolute atomic E-state index is 0.235. The van der Waals surface area contributed by atoms with Gasteiger partial charge in [-0.1, -0.05) is 0 Å². The third kappa shape index (κ3) is 3.00. The normalized spacial score (nSPS) is 11.6. The quantitative estimate of drug-likeness (QED) is 0.644. The number of amides is 2. The van der Waals surface area contributed by atoms with Crippen molar-refractivity contribution in [2.45, 2.75) is 13.0 Å². The van der Waals surface area contributed by atoms with E-state index in [1.54, 1.807) is 0 Å². The number of nitrogens with zero attached hydrogens (tertiary/aromatic N) is 1. The van der Waals surface area contributed by atoms with E-state index in [4.69, 9.17) is 10.8 Å². The van der Waals surface area contributed by atoms with E-state index in [-0.39, 0.29) is 11.3 Å². The molecule has 0 bridgehead atoms. The first-order valence-corrected chi connectivity index (χ1v) is 4.72. The maximum atomic E-state index is 11.6. The molecule has 4 N–H and O–H groups in total. The molecule has 7 nitrogen and oxygen atoms in total. The Morgan fingerprint density at radius 2 is 2.12 bits per heavy atom. The van der Waals surface area contributed by atoms with Crippen LogP contribution in [-0.2, 0) is 4.79 Å². The highest BCUT2D eigenvalue weighted by molar-refractivity contribution is 6.04. The van der Waals surface area contributed by atoms with Gasteiger partial charge in [-0.3, -0.25) is 14.6 Å². The zero-order chi connectivity index (χ0) is 13.0. The van der Waals surface area contributed by atoms with Gasteiger partial charge in [-0.25, -0.2) is 4.79 Å². The van der Waals surface area contributed by atoms with E-state index in [1.165, 1.54) is 25.3 Å². The summed E-state index contributed by atoms with van der Waals surface area (Å²) in [5, 5.41) is 11.1. The molecule has 2 amide bonds. The van der Waals surface area contributed by atoms with E-state index in [1.807, 2.05) is 0 Å². The molecule has 1 rings (SSSR count). The first-order chi connectivity index (χ1) is 7.93. The predicted molar refractivity (Wildman–Crippen MR) is 57.3 cm³/mol. The molecule has 0 aromatic carbocycles. The number of hydrogen-bond acceptors (Lipinski definition) is 4. The smallest absolute Gasteiger partial charge is 0.338 e. The van der Waals surface area contributed by atoms with Gasteiger partial charge in [-0.15, -0.1) is 0 Å². The predicted octanol–water partition coefficient (Wildman–Crippen LogP) is -0.617. The fourth-order valence-corrected chi connectivity index (χ4v) is 1.09. The van der Waals surface area contributed by atoms with Crippen molar-refractivity contribution in [1.29, 1.82) is 0 Å². The Bertz CT molecular complexity index is 472. The minimum Gasteiger partial charge on any atom is -0.478 e. The summed E-state index contributed by atoms with van der Waals surface area (Å²) in [6.45, 7) is 1.39. The van der Waals surface area contributed by atoms with Crippen LogP contribution >= 0.6 is 0 Å². The average molecular weight is 237 g/mol. The molecule has 0 saturated carbocycles. The zero-order valence-electron chi connectivity index (χ0n) is 9.01. The summed E-state index contributed by atoms with van der Waals surface area (Å²) in [6.07, 6.45) is 1.29. The Labute approximate surface area is 96.6 Å². The molecule has 1 heterocycles. The topological polar surface area (TPSA) is 122 Å². The van der Waals surface area contributed by atoms with Crippen LogP contribution in [-0.4, -0.2) is 33.9 Å². The highest BCUT2D eigenvalue weighted by Gasteiger charge is 2.20. The lowest BCUT2D eigenvalue weighted by molar-refractivity contribution is -0.119. The Morgan fingerprint density at radius 3 is 2.65 bits per heavy atom. The van der Waals surface area contributed by atoms with Crippen molar-refractivity contribution in [2.75, 3.05) is 0 Å². The fourth-order valence-electron chi connectivity index (χ4n) is 1.09. The average Bonchev–Trinajstić information content (AvgIpc) is 2.28. The third-order valence-electron chi connectivity index (χ3n) is 2.03. The maximum Gasteiger partial charge on any atom is 0.338 e. The van der Waals surface area contributed by atoms with Gasteiger partial charge in [0, 0.05) is 6.20 Å². The fraction of sp³-hybridized carbons (Fsp3) is 0.200. The molecule has 0 saturated heterocycles. The van der Waals surface area contributed by atoms with Crippen LogP contribution in [0.5, 0.6) is 0 Å². The number of carboxylic acid groups (broad SMARTS) is 1. The van der Waals surface area contributed by atoms with Gasteiger partial charge in [-0.05, 0) is 19.1 Å². The molecular formula is C10H11N3O4. The zero-order valence-corrected chi connectivity index (χ0v) is 9.01. The highest BCUT2D eigenvalue weighted by atomic mass is 16.4. The minimum atomic E-state index is -1.27. The third-order valence-corrected chi connectivity index (χ3v) is 2.03. The van der Waals surface area contributed by atoms with E-state index in [9.17, 15) is 14.4 Å². The lowest BCUT2D eigenvalue weighted by atomic mass is 10.1. The Morgan fingerprint density at radius 1 is 1.47 bits per heavy atom. The second-order valence-corrected chi connectivity index (χ2v) is 3.30. The monoisotopic (exact) mass is 237 g/mol. The SMILES string of the molecule is CC(NC(=O)c1ncccc1C(=O)O)C(N)=O. The Hall–Kier alpha value is -2.44. The van der Waals surface area contributed by atoms with Gasteiger partial charge >= 0.3 is 5.97 Å². The van der Waals surface area contributed by atoms with E-state index in [0.29, 0.717) is 0 Å². The van der Waals surface area contributed by atoms with Crippen LogP contribution in [0.4, 0.5) is 0 Å². The largest absolute Gasteiger partial charge is 0.478 e. The van der Waals surface area contributed by atoms with Crippen LogP contribution in [0, 0.1) is 0 Å². The Kier molecular flexibility index (Phi) is 3.76. The second kappa shape index (κ2) is 5.06. The van der Waals surface area contributed by atoms with Crippen molar-refractivity contribution in [1.82, 2.24) is 10.3 Å². The van der Waals surface area contributed by atoms with Gasteiger partial charge in [0.25, 0.3) is 5.91 Å². The lowest BCUT2D eigenvalue weighted by Gasteiger charge is -2.10. The van der Waals surface area contributed by atoms with E-state index in [0.717, 1.165) is 0 Å². The number of nitrogens with one attached hydrogen (secondary N) is 1. The number of carbonyl (C=O) groups excluding carboxylic acids is 2. The van der Waals surface area contributed by atoms with Crippen molar-refractivity contribution in [3.8, 4) is 0 Å². The molecule has 1 unspecified atom stereocenters. The number of pyridine rings is 1. The molecule has 1 aromatic rings. The molecule has 0 aliphatic carbocycles. The van der Waals surface area contributed by atoms with Gasteiger partial charge in [0.1, 0.15) is 11.7 Å². The molecule has 0 aliphatic rings. The number of carboxylic acids is 1. The van der Waals surface area contributed by atoms with Crippen LogP contribution < -0.4 is 11.1 Å². The molecule has 90 valence electrons. The van der Waals surface area contributed by atoms with E-state index >= 15 is 0 Å². The van der Waals surface area contributed by atoms with Crippen molar-refractivity contribution in [3.05, 3.63) is 29.6 Å². The summed E-state index contributed by atoms with van der Waals surface area (Å²) in [4.78, 5) is 36.9.